The zero-order valence-electron chi connectivity index (χ0n) is 10.9. The number of aromatic nitrogens is 1. The van der Waals surface area contributed by atoms with Gasteiger partial charge in [-0.2, -0.15) is 0 Å². The van der Waals surface area contributed by atoms with E-state index < -0.39 is 0 Å². The van der Waals surface area contributed by atoms with Crippen LogP contribution in [0.3, 0.4) is 0 Å². The predicted molar refractivity (Wildman–Crippen MR) is 72.1 cm³/mol. The van der Waals surface area contributed by atoms with Gasteiger partial charge in [-0.15, -0.1) is 0 Å². The fourth-order valence-electron chi connectivity index (χ4n) is 2.15. The minimum atomic E-state index is 0.0737. The number of hydrogen-bond acceptors (Lipinski definition) is 3. The minimum Gasteiger partial charge on any atom is -0.367 e. The van der Waals surface area contributed by atoms with Crippen LogP contribution in [0.25, 0.3) is 0 Å². The van der Waals surface area contributed by atoms with Crippen LogP contribution in [0.4, 0.5) is 5.69 Å². The fourth-order valence-corrected chi connectivity index (χ4v) is 2.15. The van der Waals surface area contributed by atoms with Crippen molar-refractivity contribution in [3.05, 3.63) is 24.0 Å². The summed E-state index contributed by atoms with van der Waals surface area (Å²) in [5.74, 6) is 0. The molecular weight excluding hydrogens is 210 g/mol. The topological polar surface area (TPSA) is 42.1 Å². The summed E-state index contributed by atoms with van der Waals surface area (Å²) in [5, 5.41) is 0. The molecule has 1 heterocycles. The molecule has 1 atom stereocenters. The zero-order valence-corrected chi connectivity index (χ0v) is 10.9. The van der Waals surface area contributed by atoms with E-state index >= 15 is 0 Å². The Morgan fingerprint density at radius 3 is 2.65 bits per heavy atom. The Morgan fingerprint density at radius 2 is 2.18 bits per heavy atom. The molecule has 0 saturated heterocycles. The number of hydrogen-bond donors (Lipinski definition) is 1. The van der Waals surface area contributed by atoms with Gasteiger partial charge in [-0.05, 0) is 37.8 Å². The third-order valence-corrected chi connectivity index (χ3v) is 3.37. The van der Waals surface area contributed by atoms with Crippen molar-refractivity contribution in [3.63, 3.8) is 0 Å². The number of nitrogens with two attached hydrogens (primary N) is 1. The number of anilines is 1. The van der Waals surface area contributed by atoms with E-state index in [0.717, 1.165) is 24.7 Å². The molecule has 0 spiro atoms. The van der Waals surface area contributed by atoms with Crippen LogP contribution in [0.1, 0.15) is 51.3 Å². The number of nitrogens with zero attached hydrogens (tertiary/aromatic N) is 2. The van der Waals surface area contributed by atoms with Gasteiger partial charge in [-0.1, -0.05) is 13.8 Å². The third kappa shape index (κ3) is 2.97. The van der Waals surface area contributed by atoms with Gasteiger partial charge >= 0.3 is 0 Å². The molecule has 94 valence electrons. The van der Waals surface area contributed by atoms with Crippen LogP contribution < -0.4 is 10.6 Å². The molecule has 2 rings (SSSR count). The second kappa shape index (κ2) is 5.50. The molecule has 1 saturated carbocycles. The summed E-state index contributed by atoms with van der Waals surface area (Å²) in [6.45, 7) is 5.45. The molecule has 0 aliphatic heterocycles. The highest BCUT2D eigenvalue weighted by Gasteiger charge is 2.28. The van der Waals surface area contributed by atoms with E-state index in [1.54, 1.807) is 0 Å². The van der Waals surface area contributed by atoms with Gasteiger partial charge < -0.3 is 10.6 Å². The highest BCUT2D eigenvalue weighted by atomic mass is 15.2. The van der Waals surface area contributed by atoms with Gasteiger partial charge in [0.2, 0.25) is 0 Å². The standard InChI is InChI=1S/C14H23N3/c1-3-9-17(11-5-6-11)12-7-8-14(16-10-12)13(15)4-2/h7-8,10-11,13H,3-6,9,15H2,1-2H3. The van der Waals surface area contributed by atoms with Gasteiger partial charge in [0.25, 0.3) is 0 Å². The Kier molecular flexibility index (Phi) is 4.00. The van der Waals surface area contributed by atoms with E-state index in [1.165, 1.54) is 24.9 Å². The van der Waals surface area contributed by atoms with Crippen LogP contribution in [0.2, 0.25) is 0 Å². The average molecular weight is 233 g/mol. The van der Waals surface area contributed by atoms with Gasteiger partial charge in [0.15, 0.2) is 0 Å². The first-order valence-corrected chi connectivity index (χ1v) is 6.74. The summed E-state index contributed by atoms with van der Waals surface area (Å²) >= 11 is 0. The van der Waals surface area contributed by atoms with Crippen LogP contribution in [0.5, 0.6) is 0 Å². The SMILES string of the molecule is CCCN(c1ccc(C(N)CC)nc1)C1CC1. The molecule has 2 N–H and O–H groups in total. The lowest BCUT2D eigenvalue weighted by Gasteiger charge is -2.24. The molecule has 1 unspecified atom stereocenters. The van der Waals surface area contributed by atoms with Crippen LogP contribution in [-0.2, 0) is 0 Å². The quantitative estimate of drug-likeness (QED) is 0.821. The molecule has 0 aromatic carbocycles. The molecule has 1 aromatic rings. The first kappa shape index (κ1) is 12.4. The average Bonchev–Trinajstić information content (AvgIpc) is 3.19. The Bertz CT molecular complexity index is 343. The lowest BCUT2D eigenvalue weighted by atomic mass is 10.1. The van der Waals surface area contributed by atoms with Crippen molar-refractivity contribution in [2.45, 2.75) is 51.6 Å². The molecule has 1 fully saturated rings. The monoisotopic (exact) mass is 233 g/mol. The largest absolute Gasteiger partial charge is 0.367 e. The van der Waals surface area contributed by atoms with Crippen molar-refractivity contribution in [2.24, 2.45) is 5.73 Å². The number of rotatable bonds is 6. The molecule has 0 bridgehead atoms. The minimum absolute atomic E-state index is 0.0737. The van der Waals surface area contributed by atoms with E-state index in [4.69, 9.17) is 5.73 Å². The first-order chi connectivity index (χ1) is 8.26. The van der Waals surface area contributed by atoms with Gasteiger partial charge in [0, 0.05) is 18.6 Å². The van der Waals surface area contributed by atoms with Crippen LogP contribution in [-0.4, -0.2) is 17.6 Å². The molecule has 1 aliphatic carbocycles. The van der Waals surface area contributed by atoms with Gasteiger partial charge in [0.1, 0.15) is 0 Å². The lowest BCUT2D eigenvalue weighted by Crippen LogP contribution is -2.26. The Hall–Kier alpha value is -1.09. The van der Waals surface area contributed by atoms with E-state index in [-0.39, 0.29) is 6.04 Å². The maximum absolute atomic E-state index is 5.98. The van der Waals surface area contributed by atoms with Crippen molar-refractivity contribution in [1.29, 1.82) is 0 Å². The van der Waals surface area contributed by atoms with Crippen LogP contribution >= 0.6 is 0 Å². The van der Waals surface area contributed by atoms with Gasteiger partial charge in [-0.3, -0.25) is 4.98 Å². The van der Waals surface area contributed by atoms with Crippen LogP contribution in [0, 0.1) is 0 Å². The summed E-state index contributed by atoms with van der Waals surface area (Å²) in [7, 11) is 0. The second-order valence-corrected chi connectivity index (χ2v) is 4.88. The Labute approximate surface area is 104 Å². The Balaban J connectivity index is 2.09. The molecule has 1 aliphatic rings. The summed E-state index contributed by atoms with van der Waals surface area (Å²) in [5.41, 5.74) is 8.23. The highest BCUT2D eigenvalue weighted by Crippen LogP contribution is 2.31. The normalized spacial score (nSPS) is 16.9. The summed E-state index contributed by atoms with van der Waals surface area (Å²) in [6.07, 6.45) is 6.77. The van der Waals surface area contributed by atoms with E-state index in [2.05, 4.69) is 35.9 Å². The van der Waals surface area contributed by atoms with Crippen molar-refractivity contribution in [1.82, 2.24) is 4.98 Å². The lowest BCUT2D eigenvalue weighted by molar-refractivity contribution is 0.674. The molecular formula is C14H23N3. The zero-order chi connectivity index (χ0) is 12.3. The maximum atomic E-state index is 5.98. The van der Waals surface area contributed by atoms with Crippen molar-refractivity contribution < 1.29 is 0 Å². The Morgan fingerprint density at radius 1 is 1.41 bits per heavy atom. The smallest absolute Gasteiger partial charge is 0.0572 e. The van der Waals surface area contributed by atoms with Gasteiger partial charge in [0.05, 0.1) is 17.6 Å². The molecule has 1 aromatic heterocycles. The van der Waals surface area contributed by atoms with Crippen molar-refractivity contribution in [3.8, 4) is 0 Å². The highest BCUT2D eigenvalue weighted by molar-refractivity contribution is 5.47. The van der Waals surface area contributed by atoms with E-state index in [9.17, 15) is 0 Å². The van der Waals surface area contributed by atoms with Gasteiger partial charge in [-0.25, -0.2) is 0 Å². The second-order valence-electron chi connectivity index (χ2n) is 4.88. The molecule has 0 amide bonds. The molecule has 17 heavy (non-hydrogen) atoms. The van der Waals surface area contributed by atoms with Crippen molar-refractivity contribution in [2.75, 3.05) is 11.4 Å². The molecule has 3 nitrogen and oxygen atoms in total. The third-order valence-electron chi connectivity index (χ3n) is 3.37. The van der Waals surface area contributed by atoms with E-state index in [1.807, 2.05) is 6.20 Å². The number of pyridine rings is 1. The van der Waals surface area contributed by atoms with Crippen LogP contribution in [0.15, 0.2) is 18.3 Å². The first-order valence-electron chi connectivity index (χ1n) is 6.74. The summed E-state index contributed by atoms with van der Waals surface area (Å²) in [4.78, 5) is 6.98. The van der Waals surface area contributed by atoms with E-state index in [0.29, 0.717) is 0 Å². The molecule has 0 radical (unpaired) electrons. The fraction of sp³-hybridized carbons (Fsp3) is 0.643. The predicted octanol–water partition coefficient (Wildman–Crippen LogP) is 2.87. The summed E-state index contributed by atoms with van der Waals surface area (Å²) in [6, 6.07) is 5.08. The maximum Gasteiger partial charge on any atom is 0.0572 e. The summed E-state index contributed by atoms with van der Waals surface area (Å²) < 4.78 is 0. The van der Waals surface area contributed by atoms with Crippen molar-refractivity contribution >= 4 is 5.69 Å². The molecule has 3 heteroatoms.